The molecule has 3 aromatic rings. The fourth-order valence-corrected chi connectivity index (χ4v) is 6.17. The van der Waals surface area contributed by atoms with Crippen molar-refractivity contribution in [3.8, 4) is 0 Å². The minimum absolute atomic E-state index is 0.0458. The minimum Gasteiger partial charge on any atom is -0.289 e. The molecular weight excluding hydrogens is 376 g/mol. The fraction of sp³-hybridized carbons (Fsp3) is 0.350. The van der Waals surface area contributed by atoms with E-state index in [0.29, 0.717) is 0 Å². The molecular formula is C20H20N4OS2. The molecule has 0 bridgehead atoms. The first-order valence-corrected chi connectivity index (χ1v) is 11.0. The second kappa shape index (κ2) is 6.89. The molecule has 138 valence electrons. The van der Waals surface area contributed by atoms with Crippen molar-refractivity contribution in [2.24, 2.45) is 0 Å². The largest absolute Gasteiger partial charge is 0.289 e. The fourth-order valence-electron chi connectivity index (χ4n) is 3.93. The molecule has 0 fully saturated rings. The van der Waals surface area contributed by atoms with Gasteiger partial charge in [-0.1, -0.05) is 49.0 Å². The van der Waals surface area contributed by atoms with Crippen LogP contribution in [0, 0.1) is 0 Å². The SMILES string of the molecule is CCc1nc2n(n1)C(=O)C(C(c1cccs1)N1CCc3ccccc3C1)S2. The number of benzene rings is 1. The molecule has 0 saturated heterocycles. The molecule has 2 aromatic heterocycles. The van der Waals surface area contributed by atoms with Crippen LogP contribution in [-0.2, 0) is 19.4 Å². The monoisotopic (exact) mass is 396 g/mol. The highest BCUT2D eigenvalue weighted by molar-refractivity contribution is 8.01. The Hall–Kier alpha value is -1.96. The van der Waals surface area contributed by atoms with E-state index < -0.39 is 0 Å². The van der Waals surface area contributed by atoms with E-state index in [1.165, 1.54) is 20.7 Å². The van der Waals surface area contributed by atoms with Crippen molar-refractivity contribution in [2.45, 2.75) is 42.8 Å². The second-order valence-electron chi connectivity index (χ2n) is 6.90. The van der Waals surface area contributed by atoms with Gasteiger partial charge in [-0.25, -0.2) is 4.98 Å². The van der Waals surface area contributed by atoms with Crippen LogP contribution in [0.1, 0.15) is 39.6 Å². The van der Waals surface area contributed by atoms with Crippen molar-refractivity contribution < 1.29 is 4.79 Å². The first-order valence-electron chi connectivity index (χ1n) is 9.25. The zero-order chi connectivity index (χ0) is 18.4. The molecule has 1 aromatic carbocycles. The average Bonchev–Trinajstić information content (AvgIpc) is 3.42. The zero-order valence-corrected chi connectivity index (χ0v) is 16.7. The minimum atomic E-state index is -0.199. The lowest BCUT2D eigenvalue weighted by molar-refractivity contribution is 0.0826. The summed E-state index contributed by atoms with van der Waals surface area (Å²) in [6.07, 6.45) is 1.77. The van der Waals surface area contributed by atoms with Gasteiger partial charge in [0.1, 0.15) is 5.25 Å². The number of nitrogens with zero attached hydrogens (tertiary/aromatic N) is 4. The first-order chi connectivity index (χ1) is 13.2. The van der Waals surface area contributed by atoms with Crippen molar-refractivity contribution in [3.63, 3.8) is 0 Å². The second-order valence-corrected chi connectivity index (χ2v) is 8.99. The van der Waals surface area contributed by atoms with Gasteiger partial charge in [-0.15, -0.1) is 16.4 Å². The quantitative estimate of drug-likeness (QED) is 0.671. The van der Waals surface area contributed by atoms with Gasteiger partial charge in [-0.2, -0.15) is 4.68 Å². The number of aryl methyl sites for hydroxylation is 1. The van der Waals surface area contributed by atoms with E-state index in [9.17, 15) is 4.79 Å². The van der Waals surface area contributed by atoms with Gasteiger partial charge in [-0.05, 0) is 29.0 Å². The Bertz CT molecular complexity index is 982. The molecule has 5 rings (SSSR count). The zero-order valence-electron chi connectivity index (χ0n) is 15.0. The number of hydrogen-bond donors (Lipinski definition) is 0. The van der Waals surface area contributed by atoms with Gasteiger partial charge in [-0.3, -0.25) is 9.69 Å². The van der Waals surface area contributed by atoms with Gasteiger partial charge in [0.2, 0.25) is 0 Å². The lowest BCUT2D eigenvalue weighted by Crippen LogP contribution is -2.41. The van der Waals surface area contributed by atoms with Crippen LogP contribution in [0.4, 0.5) is 0 Å². The molecule has 0 spiro atoms. The third-order valence-corrected chi connectivity index (χ3v) is 7.43. The van der Waals surface area contributed by atoms with Crippen LogP contribution in [0.5, 0.6) is 0 Å². The Morgan fingerprint density at radius 2 is 2.07 bits per heavy atom. The molecule has 27 heavy (non-hydrogen) atoms. The van der Waals surface area contributed by atoms with Crippen LogP contribution >= 0.6 is 23.1 Å². The number of aromatic nitrogens is 3. The summed E-state index contributed by atoms with van der Waals surface area (Å²) in [7, 11) is 0. The summed E-state index contributed by atoms with van der Waals surface area (Å²) in [4.78, 5) is 21.4. The van der Waals surface area contributed by atoms with Crippen LogP contribution in [0.2, 0.25) is 0 Å². The molecule has 2 unspecified atom stereocenters. The van der Waals surface area contributed by atoms with Crippen molar-refractivity contribution in [1.29, 1.82) is 0 Å². The smallest absolute Gasteiger partial charge is 0.264 e. The highest BCUT2D eigenvalue weighted by Gasteiger charge is 2.43. The van der Waals surface area contributed by atoms with E-state index in [1.807, 2.05) is 6.92 Å². The Balaban J connectivity index is 1.48. The topological polar surface area (TPSA) is 51.0 Å². The van der Waals surface area contributed by atoms with Gasteiger partial charge < -0.3 is 0 Å². The Morgan fingerprint density at radius 1 is 1.22 bits per heavy atom. The van der Waals surface area contributed by atoms with Gasteiger partial charge >= 0.3 is 0 Å². The highest BCUT2D eigenvalue weighted by Crippen LogP contribution is 2.43. The van der Waals surface area contributed by atoms with E-state index in [1.54, 1.807) is 23.1 Å². The number of carbonyl (C=O) groups is 1. The lowest BCUT2D eigenvalue weighted by Gasteiger charge is -2.37. The van der Waals surface area contributed by atoms with Gasteiger partial charge in [0.15, 0.2) is 11.0 Å². The van der Waals surface area contributed by atoms with Gasteiger partial charge in [0, 0.05) is 24.4 Å². The Labute approximate surface area is 166 Å². The van der Waals surface area contributed by atoms with Crippen molar-refractivity contribution >= 4 is 29.0 Å². The summed E-state index contributed by atoms with van der Waals surface area (Å²) in [5.41, 5.74) is 2.79. The van der Waals surface area contributed by atoms with Crippen molar-refractivity contribution in [2.75, 3.05) is 6.54 Å². The average molecular weight is 397 g/mol. The highest BCUT2D eigenvalue weighted by atomic mass is 32.2. The molecule has 0 amide bonds. The molecule has 0 radical (unpaired) electrons. The van der Waals surface area contributed by atoms with E-state index in [-0.39, 0.29) is 17.2 Å². The Kier molecular flexibility index (Phi) is 4.38. The van der Waals surface area contributed by atoms with E-state index in [2.05, 4.69) is 56.8 Å². The van der Waals surface area contributed by atoms with E-state index in [0.717, 1.165) is 36.9 Å². The molecule has 4 heterocycles. The third kappa shape index (κ3) is 2.94. The number of fused-ring (bicyclic) bond motifs is 2. The molecule has 7 heteroatoms. The standard InChI is InChI=1S/C20H20N4OS2/c1-2-16-21-20-24(22-16)19(25)18(27-20)17(15-8-5-11-26-15)23-10-9-13-6-3-4-7-14(13)12-23/h3-8,11,17-18H,2,9-10,12H2,1H3. The maximum atomic E-state index is 13.2. The summed E-state index contributed by atoms with van der Waals surface area (Å²) in [5.74, 6) is 0.795. The number of carbonyl (C=O) groups excluding carboxylic acids is 1. The molecule has 0 aliphatic carbocycles. The summed E-state index contributed by atoms with van der Waals surface area (Å²) < 4.78 is 1.52. The third-order valence-electron chi connectivity index (χ3n) is 5.30. The molecule has 0 saturated carbocycles. The Morgan fingerprint density at radius 3 is 2.81 bits per heavy atom. The van der Waals surface area contributed by atoms with Crippen molar-refractivity contribution in [1.82, 2.24) is 19.7 Å². The van der Waals surface area contributed by atoms with Crippen LogP contribution in [0.3, 0.4) is 0 Å². The van der Waals surface area contributed by atoms with Gasteiger partial charge in [0.25, 0.3) is 5.91 Å². The van der Waals surface area contributed by atoms with Crippen molar-refractivity contribution in [3.05, 3.63) is 63.6 Å². The van der Waals surface area contributed by atoms with Gasteiger partial charge in [0.05, 0.1) is 6.04 Å². The molecule has 0 N–H and O–H groups in total. The lowest BCUT2D eigenvalue weighted by atomic mass is 9.97. The number of rotatable bonds is 4. The van der Waals surface area contributed by atoms with Crippen LogP contribution in [-0.4, -0.2) is 37.4 Å². The summed E-state index contributed by atoms with van der Waals surface area (Å²) in [6.45, 7) is 3.84. The molecule has 2 atom stereocenters. The number of thioether (sulfide) groups is 1. The summed E-state index contributed by atoms with van der Waals surface area (Å²) in [6, 6.07) is 12.9. The predicted octanol–water partition coefficient (Wildman–Crippen LogP) is 3.82. The molecule has 2 aliphatic rings. The summed E-state index contributed by atoms with van der Waals surface area (Å²) in [5, 5.41) is 7.04. The summed E-state index contributed by atoms with van der Waals surface area (Å²) >= 11 is 3.29. The number of thiophene rings is 1. The van der Waals surface area contributed by atoms with Crippen LogP contribution in [0.25, 0.3) is 0 Å². The normalized spacial score (nSPS) is 20.5. The van der Waals surface area contributed by atoms with Crippen LogP contribution < -0.4 is 0 Å². The van der Waals surface area contributed by atoms with E-state index in [4.69, 9.17) is 0 Å². The number of hydrogen-bond acceptors (Lipinski definition) is 6. The maximum absolute atomic E-state index is 13.2. The van der Waals surface area contributed by atoms with E-state index >= 15 is 0 Å². The predicted molar refractivity (Wildman–Crippen MR) is 107 cm³/mol. The maximum Gasteiger partial charge on any atom is 0.264 e. The molecule has 5 nitrogen and oxygen atoms in total. The first kappa shape index (κ1) is 17.2. The van der Waals surface area contributed by atoms with Crippen LogP contribution in [0.15, 0.2) is 46.9 Å². The molecule has 2 aliphatic heterocycles.